The second kappa shape index (κ2) is 3.19. The predicted octanol–water partition coefficient (Wildman–Crippen LogP) is 1.98. The van der Waals surface area contributed by atoms with Crippen LogP contribution in [0.2, 0.25) is 0 Å². The van der Waals surface area contributed by atoms with E-state index in [2.05, 4.69) is 24.1 Å². The molecule has 19 heavy (non-hydrogen) atoms. The van der Waals surface area contributed by atoms with Gasteiger partial charge in [0.2, 0.25) is 5.91 Å². The van der Waals surface area contributed by atoms with Crippen LogP contribution >= 0.6 is 0 Å². The van der Waals surface area contributed by atoms with Gasteiger partial charge < -0.3 is 4.90 Å². The van der Waals surface area contributed by atoms with Gasteiger partial charge in [-0.25, -0.2) is 0 Å². The molecule has 3 heteroatoms. The molecular formula is C16H24N2O. The maximum Gasteiger partial charge on any atom is 0.244 e. The third-order valence-corrected chi connectivity index (χ3v) is 6.77. The van der Waals surface area contributed by atoms with E-state index in [1.165, 1.54) is 19.3 Å². The maximum atomic E-state index is 12.8. The van der Waals surface area contributed by atoms with Crippen LogP contribution < -0.4 is 5.32 Å². The highest BCUT2D eigenvalue weighted by Gasteiger charge is 2.72. The van der Waals surface area contributed by atoms with E-state index >= 15 is 0 Å². The van der Waals surface area contributed by atoms with Crippen LogP contribution in [0.5, 0.6) is 0 Å². The molecule has 5 aliphatic rings. The van der Waals surface area contributed by atoms with Crippen LogP contribution in [0, 0.1) is 29.6 Å². The first-order valence-corrected chi connectivity index (χ1v) is 8.23. The van der Waals surface area contributed by atoms with Crippen LogP contribution in [0.3, 0.4) is 0 Å². The number of carbonyl (C=O) groups excluding carboxylic acids is 1. The maximum absolute atomic E-state index is 12.8. The van der Waals surface area contributed by atoms with E-state index in [9.17, 15) is 4.79 Å². The fourth-order valence-electron chi connectivity index (χ4n) is 5.73. The molecule has 5 rings (SSSR count). The fraction of sp³-hybridized carbons (Fsp3) is 0.938. The monoisotopic (exact) mass is 260 g/mol. The molecule has 0 aromatic carbocycles. The molecule has 5 fully saturated rings. The first-order valence-electron chi connectivity index (χ1n) is 8.23. The van der Waals surface area contributed by atoms with E-state index in [0.29, 0.717) is 24.0 Å². The Morgan fingerprint density at radius 1 is 1.21 bits per heavy atom. The predicted molar refractivity (Wildman–Crippen MR) is 72.2 cm³/mol. The molecule has 0 aromatic rings. The lowest BCUT2D eigenvalue weighted by Crippen LogP contribution is -2.44. The topological polar surface area (TPSA) is 32.3 Å². The third-order valence-electron chi connectivity index (χ3n) is 6.77. The molecule has 1 saturated heterocycles. The normalized spacial score (nSPS) is 52.4. The van der Waals surface area contributed by atoms with Gasteiger partial charge in [-0.15, -0.1) is 0 Å². The molecule has 1 amide bonds. The molecule has 0 aromatic heterocycles. The number of fused-ring (bicyclic) bond motifs is 5. The summed E-state index contributed by atoms with van der Waals surface area (Å²) >= 11 is 0. The summed E-state index contributed by atoms with van der Waals surface area (Å²) in [4.78, 5) is 15.1. The number of nitrogens with zero attached hydrogens (tertiary/aromatic N) is 1. The van der Waals surface area contributed by atoms with Crippen molar-refractivity contribution in [3.63, 3.8) is 0 Å². The van der Waals surface area contributed by atoms with E-state index in [0.717, 1.165) is 36.5 Å². The molecule has 4 aliphatic carbocycles. The van der Waals surface area contributed by atoms with Crippen LogP contribution in [-0.4, -0.2) is 28.6 Å². The Labute approximate surface area is 115 Å². The van der Waals surface area contributed by atoms with Gasteiger partial charge in [0.05, 0.1) is 11.7 Å². The molecule has 5 unspecified atom stereocenters. The number of nitrogens with one attached hydrogen (secondary N) is 1. The molecule has 3 nitrogen and oxygen atoms in total. The smallest absolute Gasteiger partial charge is 0.244 e. The third kappa shape index (κ3) is 1.22. The van der Waals surface area contributed by atoms with Crippen molar-refractivity contribution in [2.24, 2.45) is 29.6 Å². The molecule has 1 N–H and O–H groups in total. The number of hydrogen-bond acceptors (Lipinski definition) is 2. The Hall–Kier alpha value is -0.570. The van der Waals surface area contributed by atoms with Gasteiger partial charge in [0, 0.05) is 6.04 Å². The SMILES string of the molecule is CC(C)C1NC2(CC2)C(=O)N1C1C2C3CCC(C3)C21. The van der Waals surface area contributed by atoms with Crippen molar-refractivity contribution in [2.75, 3.05) is 0 Å². The lowest BCUT2D eigenvalue weighted by Gasteiger charge is -2.29. The standard InChI is InChI=1S/C16H24N2O/c1-8(2)14-17-16(5-6-16)15(19)18(14)13-11-9-3-4-10(7-9)12(11)13/h8-14,17H,3-7H2,1-2H3. The van der Waals surface area contributed by atoms with Gasteiger partial charge in [0.15, 0.2) is 0 Å². The van der Waals surface area contributed by atoms with Crippen LogP contribution in [0.4, 0.5) is 0 Å². The molecule has 104 valence electrons. The van der Waals surface area contributed by atoms with E-state index in [1.54, 1.807) is 0 Å². The van der Waals surface area contributed by atoms with E-state index in [1.807, 2.05) is 0 Å². The van der Waals surface area contributed by atoms with Crippen molar-refractivity contribution in [2.45, 2.75) is 63.7 Å². The van der Waals surface area contributed by atoms with Crippen molar-refractivity contribution in [3.8, 4) is 0 Å². The van der Waals surface area contributed by atoms with Gasteiger partial charge in [0.1, 0.15) is 0 Å². The quantitative estimate of drug-likeness (QED) is 0.823. The lowest BCUT2D eigenvalue weighted by atomic mass is 10.0. The Balaban J connectivity index is 1.46. The minimum Gasteiger partial charge on any atom is -0.322 e. The summed E-state index contributed by atoms with van der Waals surface area (Å²) in [5, 5.41) is 3.68. The molecule has 1 spiro atoms. The second-order valence-corrected chi connectivity index (χ2v) is 8.11. The van der Waals surface area contributed by atoms with Crippen molar-refractivity contribution in [1.29, 1.82) is 0 Å². The van der Waals surface area contributed by atoms with Gasteiger partial charge >= 0.3 is 0 Å². The molecule has 4 saturated carbocycles. The Bertz CT molecular complexity index is 440. The minimum atomic E-state index is -0.120. The summed E-state index contributed by atoms with van der Waals surface area (Å²) in [6, 6.07) is 0.610. The summed E-state index contributed by atoms with van der Waals surface area (Å²) < 4.78 is 0. The van der Waals surface area contributed by atoms with Gasteiger partial charge in [0.25, 0.3) is 0 Å². The van der Waals surface area contributed by atoms with Crippen molar-refractivity contribution in [1.82, 2.24) is 10.2 Å². The van der Waals surface area contributed by atoms with Gasteiger partial charge in [-0.3, -0.25) is 10.1 Å². The van der Waals surface area contributed by atoms with E-state index in [-0.39, 0.29) is 5.54 Å². The molecule has 2 bridgehead atoms. The molecular weight excluding hydrogens is 236 g/mol. The first kappa shape index (κ1) is 11.1. The van der Waals surface area contributed by atoms with Crippen molar-refractivity contribution >= 4 is 5.91 Å². The Kier molecular flexibility index (Phi) is 1.87. The van der Waals surface area contributed by atoms with Crippen LogP contribution in [-0.2, 0) is 4.79 Å². The van der Waals surface area contributed by atoms with Gasteiger partial charge in [-0.05, 0) is 61.7 Å². The highest BCUT2D eigenvalue weighted by atomic mass is 16.2. The van der Waals surface area contributed by atoms with Crippen LogP contribution in [0.25, 0.3) is 0 Å². The average molecular weight is 260 g/mol. The number of carbonyl (C=O) groups is 1. The zero-order chi connectivity index (χ0) is 12.9. The Morgan fingerprint density at radius 3 is 2.37 bits per heavy atom. The highest BCUT2D eigenvalue weighted by molar-refractivity contribution is 5.92. The largest absolute Gasteiger partial charge is 0.322 e. The zero-order valence-electron chi connectivity index (χ0n) is 11.9. The number of hydrogen-bond donors (Lipinski definition) is 1. The molecule has 5 atom stereocenters. The lowest BCUT2D eigenvalue weighted by molar-refractivity contribution is -0.132. The van der Waals surface area contributed by atoms with Crippen molar-refractivity contribution < 1.29 is 4.79 Å². The van der Waals surface area contributed by atoms with Crippen molar-refractivity contribution in [3.05, 3.63) is 0 Å². The van der Waals surface area contributed by atoms with E-state index in [4.69, 9.17) is 0 Å². The van der Waals surface area contributed by atoms with Gasteiger partial charge in [-0.2, -0.15) is 0 Å². The number of amides is 1. The summed E-state index contributed by atoms with van der Waals surface area (Å²) in [5.41, 5.74) is -0.120. The minimum absolute atomic E-state index is 0.120. The highest BCUT2D eigenvalue weighted by Crippen LogP contribution is 2.68. The van der Waals surface area contributed by atoms with Crippen LogP contribution in [0.1, 0.15) is 46.0 Å². The average Bonchev–Trinajstić information content (AvgIpc) is 3.20. The number of rotatable bonds is 2. The summed E-state index contributed by atoms with van der Waals surface area (Å²) in [5.74, 6) is 4.64. The molecule has 1 aliphatic heterocycles. The first-order chi connectivity index (χ1) is 9.12. The molecule has 1 heterocycles. The summed E-state index contributed by atoms with van der Waals surface area (Å²) in [7, 11) is 0. The fourth-order valence-corrected chi connectivity index (χ4v) is 5.73. The van der Waals surface area contributed by atoms with Gasteiger partial charge in [-0.1, -0.05) is 13.8 Å². The van der Waals surface area contributed by atoms with Crippen LogP contribution in [0.15, 0.2) is 0 Å². The molecule has 0 radical (unpaired) electrons. The second-order valence-electron chi connectivity index (χ2n) is 8.11. The van der Waals surface area contributed by atoms with E-state index < -0.39 is 0 Å². The zero-order valence-corrected chi connectivity index (χ0v) is 11.9. The summed E-state index contributed by atoms with van der Waals surface area (Å²) in [6.07, 6.45) is 6.80. The summed E-state index contributed by atoms with van der Waals surface area (Å²) in [6.45, 7) is 4.51. The Morgan fingerprint density at radius 2 is 1.84 bits per heavy atom.